The van der Waals surface area contributed by atoms with Gasteiger partial charge in [-0.05, 0) is 24.0 Å². The molecule has 0 bridgehead atoms. The van der Waals surface area contributed by atoms with E-state index in [9.17, 15) is 29.7 Å². The molecule has 0 saturated carbocycles. The molecule has 8 heteroatoms. The zero-order valence-corrected chi connectivity index (χ0v) is 15.0. The fourth-order valence-corrected chi connectivity index (χ4v) is 3.42. The highest BCUT2D eigenvalue weighted by molar-refractivity contribution is 5.84. The van der Waals surface area contributed by atoms with Crippen LogP contribution in [0.4, 0.5) is 4.79 Å². The lowest BCUT2D eigenvalue weighted by Crippen LogP contribution is -2.58. The molecule has 0 radical (unpaired) electrons. The zero-order valence-electron chi connectivity index (χ0n) is 15.0. The van der Waals surface area contributed by atoms with Crippen molar-refractivity contribution in [2.24, 2.45) is 5.73 Å². The molecule has 148 valence electrons. The molecule has 2 rings (SSSR count). The van der Waals surface area contributed by atoms with Crippen LogP contribution >= 0.6 is 0 Å². The third-order valence-corrected chi connectivity index (χ3v) is 4.64. The number of aliphatic carboxylic acids is 2. The Labute approximate surface area is 161 Å². The molecule has 0 spiro atoms. The number of carbonyl (C=O) groups is 3. The van der Waals surface area contributed by atoms with Crippen molar-refractivity contribution in [2.75, 3.05) is 0 Å². The van der Waals surface area contributed by atoms with E-state index in [1.807, 2.05) is 0 Å². The molecule has 3 unspecified atom stereocenters. The van der Waals surface area contributed by atoms with Crippen LogP contribution in [0.25, 0.3) is 0 Å². The van der Waals surface area contributed by atoms with Crippen molar-refractivity contribution in [1.82, 2.24) is 5.32 Å². The Hall–Kier alpha value is -3.39. The van der Waals surface area contributed by atoms with Gasteiger partial charge in [0.05, 0.1) is 0 Å². The number of aliphatic hydroxyl groups is 1. The second kappa shape index (κ2) is 9.01. The van der Waals surface area contributed by atoms with Crippen molar-refractivity contribution in [3.8, 4) is 0 Å². The van der Waals surface area contributed by atoms with E-state index in [0.717, 1.165) is 0 Å². The minimum Gasteiger partial charge on any atom is -0.480 e. The largest absolute Gasteiger partial charge is 0.480 e. The van der Waals surface area contributed by atoms with Crippen LogP contribution in [-0.2, 0) is 21.4 Å². The van der Waals surface area contributed by atoms with Crippen molar-refractivity contribution < 1.29 is 29.7 Å². The van der Waals surface area contributed by atoms with Crippen molar-refractivity contribution in [2.45, 2.75) is 30.4 Å². The van der Waals surface area contributed by atoms with E-state index in [1.165, 1.54) is 0 Å². The highest BCUT2D eigenvalue weighted by atomic mass is 16.4. The smallest absolute Gasteiger partial charge is 0.332 e. The number of urea groups is 1. The van der Waals surface area contributed by atoms with Crippen LogP contribution in [0, 0.1) is 0 Å². The third kappa shape index (κ3) is 4.86. The lowest BCUT2D eigenvalue weighted by atomic mass is 9.66. The van der Waals surface area contributed by atoms with Gasteiger partial charge in [0.25, 0.3) is 0 Å². The summed E-state index contributed by atoms with van der Waals surface area (Å²) in [5.74, 6) is -2.88. The molecule has 0 heterocycles. The van der Waals surface area contributed by atoms with Gasteiger partial charge in [0, 0.05) is 5.41 Å². The fourth-order valence-electron chi connectivity index (χ4n) is 3.42. The maximum absolute atomic E-state index is 12.1. The van der Waals surface area contributed by atoms with E-state index in [1.54, 1.807) is 60.7 Å². The van der Waals surface area contributed by atoms with E-state index in [0.29, 0.717) is 11.1 Å². The summed E-state index contributed by atoms with van der Waals surface area (Å²) in [5, 5.41) is 31.4. The molecule has 2 aromatic carbocycles. The summed E-state index contributed by atoms with van der Waals surface area (Å²) in [6.07, 6.45) is -2.24. The van der Waals surface area contributed by atoms with Crippen LogP contribution in [0.15, 0.2) is 60.7 Å². The van der Waals surface area contributed by atoms with E-state index >= 15 is 0 Å². The van der Waals surface area contributed by atoms with Gasteiger partial charge in [-0.15, -0.1) is 0 Å². The van der Waals surface area contributed by atoms with Crippen LogP contribution in [-0.4, -0.2) is 45.4 Å². The first-order valence-corrected chi connectivity index (χ1v) is 8.55. The summed E-state index contributed by atoms with van der Waals surface area (Å²) < 4.78 is 0. The first-order valence-electron chi connectivity index (χ1n) is 8.55. The minimum atomic E-state index is -1.85. The van der Waals surface area contributed by atoms with Gasteiger partial charge in [-0.1, -0.05) is 60.7 Å². The summed E-state index contributed by atoms with van der Waals surface area (Å²) >= 11 is 0. The molecule has 2 aromatic rings. The maximum atomic E-state index is 12.1. The first kappa shape index (κ1) is 20.9. The Morgan fingerprint density at radius 1 is 0.929 bits per heavy atom. The number of aliphatic hydroxyl groups excluding tert-OH is 1. The third-order valence-electron chi connectivity index (χ3n) is 4.64. The Morgan fingerprint density at radius 2 is 1.46 bits per heavy atom. The van der Waals surface area contributed by atoms with Crippen molar-refractivity contribution in [3.05, 3.63) is 71.8 Å². The number of nitrogens with one attached hydrogen (secondary N) is 1. The quantitative estimate of drug-likeness (QED) is 0.436. The lowest BCUT2D eigenvalue weighted by molar-refractivity contribution is -0.150. The molecule has 0 aliphatic rings. The summed E-state index contributed by atoms with van der Waals surface area (Å²) in [5.41, 5.74) is 4.90. The number of carboxylic acid groups (broad SMARTS) is 2. The van der Waals surface area contributed by atoms with Crippen LogP contribution < -0.4 is 11.1 Å². The molecule has 28 heavy (non-hydrogen) atoms. The van der Waals surface area contributed by atoms with Gasteiger partial charge in [-0.25, -0.2) is 14.4 Å². The predicted molar refractivity (Wildman–Crippen MR) is 101 cm³/mol. The molecule has 3 atom stereocenters. The fraction of sp³-hybridized carbons (Fsp3) is 0.250. The van der Waals surface area contributed by atoms with Crippen molar-refractivity contribution in [3.63, 3.8) is 0 Å². The Kier molecular flexibility index (Phi) is 6.73. The molecular formula is C20H22N2O6. The first-order chi connectivity index (χ1) is 13.3. The maximum Gasteiger partial charge on any atom is 0.332 e. The standard InChI is InChI=1S/C20H22N2O6/c21-19(28)22-16(18(26)27)20(12-15(23)17(24)25,14-9-5-2-6-10-14)11-13-7-3-1-4-8-13/h1-10,15-16,23H,11-12H2,(H,24,25)(H,26,27)(H3,21,22,28). The van der Waals surface area contributed by atoms with Crippen LogP contribution in [0.1, 0.15) is 17.5 Å². The Bertz CT molecular complexity index is 827. The minimum absolute atomic E-state index is 0.0550. The van der Waals surface area contributed by atoms with E-state index in [2.05, 4.69) is 5.32 Å². The number of amides is 2. The van der Waals surface area contributed by atoms with E-state index in [-0.39, 0.29) is 6.42 Å². The van der Waals surface area contributed by atoms with Crippen LogP contribution in [0.2, 0.25) is 0 Å². The van der Waals surface area contributed by atoms with Crippen molar-refractivity contribution >= 4 is 18.0 Å². The summed E-state index contributed by atoms with van der Waals surface area (Å²) in [6.45, 7) is 0. The average Bonchev–Trinajstić information content (AvgIpc) is 2.66. The van der Waals surface area contributed by atoms with E-state index < -0.39 is 42.0 Å². The number of hydrogen-bond acceptors (Lipinski definition) is 4. The number of benzene rings is 2. The predicted octanol–water partition coefficient (Wildman–Crippen LogP) is 1.12. The lowest BCUT2D eigenvalue weighted by Gasteiger charge is -2.40. The number of hydrogen-bond donors (Lipinski definition) is 5. The molecule has 0 saturated heterocycles. The number of primary amides is 1. The second-order valence-electron chi connectivity index (χ2n) is 6.52. The second-order valence-corrected chi connectivity index (χ2v) is 6.52. The van der Waals surface area contributed by atoms with Crippen LogP contribution in [0.5, 0.6) is 0 Å². The summed E-state index contributed by atoms with van der Waals surface area (Å²) in [6, 6.07) is 14.5. The molecule has 0 aromatic heterocycles. The van der Waals surface area contributed by atoms with Crippen molar-refractivity contribution in [1.29, 1.82) is 0 Å². The molecule has 0 aliphatic carbocycles. The SMILES string of the molecule is NC(=O)NC(C(=O)O)C(Cc1ccccc1)(CC(O)C(=O)O)c1ccccc1. The molecular weight excluding hydrogens is 364 g/mol. The zero-order chi connectivity index (χ0) is 20.7. The summed E-state index contributed by atoms with van der Waals surface area (Å²) in [7, 11) is 0. The molecule has 6 N–H and O–H groups in total. The summed E-state index contributed by atoms with van der Waals surface area (Å²) in [4.78, 5) is 35.0. The molecule has 0 fully saturated rings. The molecule has 2 amide bonds. The average molecular weight is 386 g/mol. The monoisotopic (exact) mass is 386 g/mol. The molecule has 0 aliphatic heterocycles. The topological polar surface area (TPSA) is 150 Å². The van der Waals surface area contributed by atoms with Gasteiger partial charge < -0.3 is 26.4 Å². The highest BCUT2D eigenvalue weighted by Crippen LogP contribution is 2.37. The molecule has 8 nitrogen and oxygen atoms in total. The highest BCUT2D eigenvalue weighted by Gasteiger charge is 2.47. The normalized spacial score (nSPS) is 15.0. The van der Waals surface area contributed by atoms with Gasteiger partial charge >= 0.3 is 18.0 Å². The Morgan fingerprint density at radius 3 is 1.93 bits per heavy atom. The number of carbonyl (C=O) groups excluding carboxylic acids is 1. The van der Waals surface area contributed by atoms with Gasteiger partial charge in [0.1, 0.15) is 6.04 Å². The van der Waals surface area contributed by atoms with Crippen LogP contribution in [0.3, 0.4) is 0 Å². The van der Waals surface area contributed by atoms with Gasteiger partial charge in [-0.3, -0.25) is 0 Å². The number of carboxylic acids is 2. The van der Waals surface area contributed by atoms with Gasteiger partial charge in [0.2, 0.25) is 0 Å². The Balaban J connectivity index is 2.70. The number of nitrogens with two attached hydrogens (primary N) is 1. The van der Waals surface area contributed by atoms with Gasteiger partial charge in [-0.2, -0.15) is 0 Å². The number of rotatable bonds is 9. The van der Waals surface area contributed by atoms with Gasteiger partial charge in [0.15, 0.2) is 6.10 Å². The van der Waals surface area contributed by atoms with E-state index in [4.69, 9.17) is 5.73 Å².